The molecule has 1 saturated heterocycles. The number of hydrogen-bond donors (Lipinski definition) is 1. The second-order valence-corrected chi connectivity index (χ2v) is 11.1. The number of nitrogens with one attached hydrogen (secondary N) is 1. The van der Waals surface area contributed by atoms with Gasteiger partial charge in [-0.1, -0.05) is 11.6 Å². The normalized spacial score (nSPS) is 13.7. The Morgan fingerprint density at radius 2 is 1.83 bits per heavy atom. The van der Waals surface area contributed by atoms with Crippen LogP contribution in [0.4, 0.5) is 17.1 Å². The van der Waals surface area contributed by atoms with Gasteiger partial charge in [-0.2, -0.15) is 5.10 Å². The Morgan fingerprint density at radius 1 is 1.15 bits per heavy atom. The zero-order chi connectivity index (χ0) is 29.4. The fourth-order valence-electron chi connectivity index (χ4n) is 4.11. The first kappa shape index (κ1) is 29.8. The molecule has 0 spiro atoms. The van der Waals surface area contributed by atoms with Crippen LogP contribution < -0.4 is 19.4 Å². The van der Waals surface area contributed by atoms with Crippen LogP contribution in [0.25, 0.3) is 0 Å². The maximum absolute atomic E-state index is 13.6. The number of halogens is 1. The fraction of sp³-hybridized carbons (Fsp3) is 0.259. The molecule has 4 rings (SSSR count). The Labute approximate surface area is 242 Å². The highest BCUT2D eigenvalue weighted by Crippen LogP contribution is 2.27. The molecule has 0 atom stereocenters. The molecule has 0 bridgehead atoms. The van der Waals surface area contributed by atoms with Gasteiger partial charge in [0.1, 0.15) is 12.3 Å². The summed E-state index contributed by atoms with van der Waals surface area (Å²) in [5.41, 5.74) is 3.55. The molecule has 1 heterocycles. The summed E-state index contributed by atoms with van der Waals surface area (Å²) < 4.78 is 38.9. The number of nitro benzene ring substituents is 1. The number of benzene rings is 3. The molecular formula is C27H28ClN5O7S. The van der Waals surface area contributed by atoms with Gasteiger partial charge < -0.3 is 14.4 Å². The topological polar surface area (TPSA) is 144 Å². The maximum Gasteiger partial charge on any atom is 0.270 e. The molecule has 0 unspecified atom stereocenters. The van der Waals surface area contributed by atoms with Crippen LogP contribution in [0.15, 0.2) is 76.7 Å². The summed E-state index contributed by atoms with van der Waals surface area (Å²) in [6.07, 6.45) is 1.30. The summed E-state index contributed by atoms with van der Waals surface area (Å²) in [5, 5.41) is 15.7. The highest BCUT2D eigenvalue weighted by Gasteiger charge is 2.27. The predicted molar refractivity (Wildman–Crippen MR) is 155 cm³/mol. The zero-order valence-corrected chi connectivity index (χ0v) is 23.7. The number of hydrogen-bond acceptors (Lipinski definition) is 9. The lowest BCUT2D eigenvalue weighted by Gasteiger charge is -2.29. The third kappa shape index (κ3) is 7.51. The monoisotopic (exact) mass is 601 g/mol. The quantitative estimate of drug-likeness (QED) is 0.198. The second-order valence-electron chi connectivity index (χ2n) is 8.79. The van der Waals surface area contributed by atoms with Crippen LogP contribution in [0, 0.1) is 10.1 Å². The molecule has 0 saturated carbocycles. The molecular weight excluding hydrogens is 574 g/mol. The summed E-state index contributed by atoms with van der Waals surface area (Å²) in [6, 6.07) is 16.3. The minimum Gasteiger partial charge on any atom is -0.494 e. The maximum atomic E-state index is 13.6. The van der Waals surface area contributed by atoms with Crippen molar-refractivity contribution in [2.45, 2.75) is 11.8 Å². The van der Waals surface area contributed by atoms with Crippen LogP contribution in [0.3, 0.4) is 0 Å². The lowest BCUT2D eigenvalue weighted by molar-refractivity contribution is -0.384. The number of sulfonamides is 1. The van der Waals surface area contributed by atoms with Gasteiger partial charge in [0, 0.05) is 41.5 Å². The molecule has 3 aromatic rings. The Bertz CT molecular complexity index is 1510. The summed E-state index contributed by atoms with van der Waals surface area (Å²) >= 11 is 5.94. The SMILES string of the molecule is CCOc1ccc(N(CC(=O)N/N=C\c2cc([N+](=O)[O-])ccc2N2CCOCC2)S(=O)(=O)c2ccc(Cl)cc2)cc1. The molecule has 1 N–H and O–H groups in total. The lowest BCUT2D eigenvalue weighted by atomic mass is 10.1. The first-order valence-corrected chi connectivity index (χ1v) is 14.4. The van der Waals surface area contributed by atoms with Crippen molar-refractivity contribution in [3.63, 3.8) is 0 Å². The van der Waals surface area contributed by atoms with Crippen molar-refractivity contribution < 1.29 is 27.6 Å². The molecule has 41 heavy (non-hydrogen) atoms. The van der Waals surface area contributed by atoms with Crippen LogP contribution >= 0.6 is 11.6 Å². The van der Waals surface area contributed by atoms with E-state index in [2.05, 4.69) is 10.5 Å². The van der Waals surface area contributed by atoms with Gasteiger partial charge in [0.25, 0.3) is 21.6 Å². The summed E-state index contributed by atoms with van der Waals surface area (Å²) in [4.78, 5) is 25.7. The number of carbonyl (C=O) groups excluding carboxylic acids is 1. The number of amides is 1. The molecule has 1 aliphatic heterocycles. The summed E-state index contributed by atoms with van der Waals surface area (Å²) in [6.45, 7) is 3.86. The average molecular weight is 602 g/mol. The van der Waals surface area contributed by atoms with Crippen molar-refractivity contribution in [1.29, 1.82) is 0 Å². The van der Waals surface area contributed by atoms with E-state index in [4.69, 9.17) is 21.1 Å². The molecule has 0 aliphatic carbocycles. The van der Waals surface area contributed by atoms with E-state index in [0.29, 0.717) is 54.9 Å². The van der Waals surface area contributed by atoms with Gasteiger partial charge in [0.05, 0.1) is 41.5 Å². The molecule has 216 valence electrons. The van der Waals surface area contributed by atoms with E-state index >= 15 is 0 Å². The van der Waals surface area contributed by atoms with E-state index in [1.165, 1.54) is 54.7 Å². The van der Waals surface area contributed by atoms with Crippen LogP contribution in [0.2, 0.25) is 5.02 Å². The van der Waals surface area contributed by atoms with E-state index in [1.807, 2.05) is 11.8 Å². The van der Waals surface area contributed by atoms with E-state index in [9.17, 15) is 23.3 Å². The lowest BCUT2D eigenvalue weighted by Crippen LogP contribution is -2.39. The number of rotatable bonds is 11. The Hall–Kier alpha value is -4.20. The van der Waals surface area contributed by atoms with E-state index in [0.717, 1.165) is 4.31 Å². The first-order valence-electron chi connectivity index (χ1n) is 12.6. The Morgan fingerprint density at radius 3 is 2.46 bits per heavy atom. The van der Waals surface area contributed by atoms with Gasteiger partial charge in [-0.3, -0.25) is 19.2 Å². The van der Waals surface area contributed by atoms with E-state index < -0.39 is 27.4 Å². The van der Waals surface area contributed by atoms with Gasteiger partial charge >= 0.3 is 0 Å². The molecule has 1 fully saturated rings. The molecule has 0 aromatic heterocycles. The van der Waals surface area contributed by atoms with Crippen molar-refractivity contribution in [3.05, 3.63) is 87.4 Å². The third-order valence-electron chi connectivity index (χ3n) is 6.09. The molecule has 12 nitrogen and oxygen atoms in total. The van der Waals surface area contributed by atoms with Crippen molar-refractivity contribution in [3.8, 4) is 5.75 Å². The second kappa shape index (κ2) is 13.4. The van der Waals surface area contributed by atoms with Crippen molar-refractivity contribution in [1.82, 2.24) is 5.43 Å². The van der Waals surface area contributed by atoms with Gasteiger partial charge in [-0.15, -0.1) is 0 Å². The average Bonchev–Trinajstić information content (AvgIpc) is 2.97. The summed E-state index contributed by atoms with van der Waals surface area (Å²) in [7, 11) is -4.18. The minimum absolute atomic E-state index is 0.0566. The van der Waals surface area contributed by atoms with Gasteiger partial charge in [0.2, 0.25) is 0 Å². The van der Waals surface area contributed by atoms with Crippen LogP contribution in [0.5, 0.6) is 5.75 Å². The molecule has 3 aromatic carbocycles. The minimum atomic E-state index is -4.18. The third-order valence-corrected chi connectivity index (χ3v) is 8.13. The van der Waals surface area contributed by atoms with Crippen molar-refractivity contribution >= 4 is 50.8 Å². The van der Waals surface area contributed by atoms with E-state index in [-0.39, 0.29) is 16.3 Å². The number of nitrogens with zero attached hydrogens (tertiary/aromatic N) is 4. The van der Waals surface area contributed by atoms with Crippen LogP contribution in [-0.2, 0) is 19.6 Å². The fourth-order valence-corrected chi connectivity index (χ4v) is 5.66. The zero-order valence-electron chi connectivity index (χ0n) is 22.1. The highest BCUT2D eigenvalue weighted by atomic mass is 35.5. The van der Waals surface area contributed by atoms with Gasteiger partial charge in [0.15, 0.2) is 0 Å². The smallest absolute Gasteiger partial charge is 0.270 e. The van der Waals surface area contributed by atoms with Crippen molar-refractivity contribution in [2.24, 2.45) is 5.10 Å². The Balaban J connectivity index is 1.57. The number of anilines is 2. The molecule has 14 heteroatoms. The van der Waals surface area contributed by atoms with E-state index in [1.54, 1.807) is 18.2 Å². The largest absolute Gasteiger partial charge is 0.494 e. The van der Waals surface area contributed by atoms with Crippen LogP contribution in [-0.4, -0.2) is 64.9 Å². The number of ether oxygens (including phenoxy) is 2. The highest BCUT2D eigenvalue weighted by molar-refractivity contribution is 7.92. The molecule has 1 amide bonds. The predicted octanol–water partition coefficient (Wildman–Crippen LogP) is 3.83. The number of hydrazone groups is 1. The first-order chi connectivity index (χ1) is 19.7. The standard InChI is InChI=1S/C27H28ClN5O7S/c1-2-40-24-8-5-22(6-9-24)32(41(37,38)25-10-3-21(28)4-11-25)19-27(34)30-29-18-20-17-23(33(35)36)7-12-26(20)31-13-15-39-16-14-31/h3-12,17-18H,2,13-16,19H2,1H3,(H,30,34)/b29-18-. The number of carbonyl (C=O) groups is 1. The number of morpholine rings is 1. The molecule has 0 radical (unpaired) electrons. The Kier molecular flexibility index (Phi) is 9.76. The molecule has 1 aliphatic rings. The summed E-state index contributed by atoms with van der Waals surface area (Å²) in [5.74, 6) is -0.187. The van der Waals surface area contributed by atoms with Gasteiger partial charge in [-0.25, -0.2) is 13.8 Å². The van der Waals surface area contributed by atoms with Crippen molar-refractivity contribution in [2.75, 3.05) is 48.7 Å². The number of non-ortho nitro benzene ring substituents is 1. The van der Waals surface area contributed by atoms with Crippen LogP contribution in [0.1, 0.15) is 12.5 Å². The van der Waals surface area contributed by atoms with Gasteiger partial charge in [-0.05, 0) is 61.5 Å². The number of nitro groups is 1.